The van der Waals surface area contributed by atoms with Gasteiger partial charge in [0.05, 0.1) is 11.5 Å². The summed E-state index contributed by atoms with van der Waals surface area (Å²) in [5, 5.41) is 3.18. The van der Waals surface area contributed by atoms with Gasteiger partial charge >= 0.3 is 0 Å². The van der Waals surface area contributed by atoms with Gasteiger partial charge in [0.2, 0.25) is 5.91 Å². The topological polar surface area (TPSA) is 66.5 Å². The zero-order valence-corrected chi connectivity index (χ0v) is 14.2. The number of sulfone groups is 1. The minimum absolute atomic E-state index is 0. The van der Waals surface area contributed by atoms with Gasteiger partial charge in [-0.3, -0.25) is 4.79 Å². The number of likely N-dealkylation sites (tertiary alicyclic amines) is 1. The summed E-state index contributed by atoms with van der Waals surface area (Å²) >= 11 is 0. The zero-order valence-electron chi connectivity index (χ0n) is 12.6. The number of hydrogen-bond acceptors (Lipinski definition) is 4. The van der Waals surface area contributed by atoms with Gasteiger partial charge in [0.25, 0.3) is 0 Å². The standard InChI is InChI=1S/C13H26N2O3S.ClH/c1-11(2)10-19(17,18)8-6-13(16)15-7-4-5-12(9-15)14-3;/h11-12,14H,4-10H2,1-3H3;1H. The van der Waals surface area contributed by atoms with E-state index in [1.165, 1.54) is 0 Å². The molecule has 1 fully saturated rings. The Balaban J connectivity index is 0.00000361. The van der Waals surface area contributed by atoms with E-state index in [1.807, 2.05) is 20.9 Å². The highest BCUT2D eigenvalue weighted by molar-refractivity contribution is 7.91. The van der Waals surface area contributed by atoms with Gasteiger partial charge in [-0.25, -0.2) is 8.42 Å². The molecule has 1 amide bonds. The molecular weight excluding hydrogens is 300 g/mol. The van der Waals surface area contributed by atoms with Crippen LogP contribution in [-0.2, 0) is 14.6 Å². The first-order valence-corrected chi connectivity index (χ1v) is 8.81. The average Bonchev–Trinajstić information content (AvgIpc) is 2.34. The van der Waals surface area contributed by atoms with Crippen molar-refractivity contribution >= 4 is 28.2 Å². The second-order valence-electron chi connectivity index (χ2n) is 5.73. The highest BCUT2D eigenvalue weighted by Gasteiger charge is 2.24. The molecule has 20 heavy (non-hydrogen) atoms. The van der Waals surface area contributed by atoms with E-state index >= 15 is 0 Å². The number of carbonyl (C=O) groups is 1. The molecule has 0 aromatic heterocycles. The summed E-state index contributed by atoms with van der Waals surface area (Å²) in [6.45, 7) is 5.20. The lowest BCUT2D eigenvalue weighted by molar-refractivity contribution is -0.132. The molecule has 7 heteroatoms. The number of amides is 1. The SMILES string of the molecule is CNC1CCCN(C(=O)CCS(=O)(=O)CC(C)C)C1.Cl. The minimum Gasteiger partial charge on any atom is -0.341 e. The lowest BCUT2D eigenvalue weighted by Gasteiger charge is -2.32. The quantitative estimate of drug-likeness (QED) is 0.793. The van der Waals surface area contributed by atoms with Crippen LogP contribution in [0.4, 0.5) is 0 Å². The molecule has 1 aliphatic rings. The Labute approximate surface area is 128 Å². The molecule has 0 saturated carbocycles. The predicted molar refractivity (Wildman–Crippen MR) is 84.0 cm³/mol. The van der Waals surface area contributed by atoms with E-state index in [0.29, 0.717) is 12.6 Å². The maximum absolute atomic E-state index is 12.0. The Kier molecular flexibility index (Phi) is 8.70. The van der Waals surface area contributed by atoms with Crippen LogP contribution in [0.5, 0.6) is 0 Å². The van der Waals surface area contributed by atoms with Crippen LogP contribution in [0.15, 0.2) is 0 Å². The fourth-order valence-electron chi connectivity index (χ4n) is 2.43. The molecule has 1 aliphatic heterocycles. The van der Waals surface area contributed by atoms with Gasteiger partial charge in [-0.05, 0) is 25.8 Å². The van der Waals surface area contributed by atoms with Crippen LogP contribution in [0.25, 0.3) is 0 Å². The van der Waals surface area contributed by atoms with Gasteiger partial charge in [0.1, 0.15) is 0 Å². The van der Waals surface area contributed by atoms with Crippen LogP contribution < -0.4 is 5.32 Å². The van der Waals surface area contributed by atoms with E-state index in [4.69, 9.17) is 0 Å². The lowest BCUT2D eigenvalue weighted by Crippen LogP contribution is -2.47. The average molecular weight is 327 g/mol. The van der Waals surface area contributed by atoms with Crippen molar-refractivity contribution in [2.75, 3.05) is 31.6 Å². The van der Waals surface area contributed by atoms with Crippen molar-refractivity contribution in [1.29, 1.82) is 0 Å². The van der Waals surface area contributed by atoms with Crippen LogP contribution in [0, 0.1) is 5.92 Å². The van der Waals surface area contributed by atoms with Gasteiger partial charge in [0.15, 0.2) is 9.84 Å². The molecule has 1 unspecified atom stereocenters. The van der Waals surface area contributed by atoms with Crippen LogP contribution >= 0.6 is 12.4 Å². The van der Waals surface area contributed by atoms with Crippen molar-refractivity contribution in [3.63, 3.8) is 0 Å². The summed E-state index contributed by atoms with van der Waals surface area (Å²) in [4.78, 5) is 13.8. The Bertz CT molecular complexity index is 398. The molecule has 120 valence electrons. The number of nitrogens with zero attached hydrogens (tertiary/aromatic N) is 1. The van der Waals surface area contributed by atoms with Gasteiger partial charge in [-0.2, -0.15) is 0 Å². The van der Waals surface area contributed by atoms with Crippen molar-refractivity contribution in [3.05, 3.63) is 0 Å². The predicted octanol–water partition coefficient (Wildman–Crippen LogP) is 1.08. The van der Waals surface area contributed by atoms with Gasteiger partial charge in [-0.15, -0.1) is 12.4 Å². The second kappa shape index (κ2) is 8.85. The Morgan fingerprint density at radius 3 is 2.60 bits per heavy atom. The van der Waals surface area contributed by atoms with Crippen molar-refractivity contribution in [2.45, 2.75) is 39.2 Å². The number of nitrogens with one attached hydrogen (secondary N) is 1. The molecule has 0 bridgehead atoms. The largest absolute Gasteiger partial charge is 0.341 e. The molecule has 0 aromatic carbocycles. The first-order valence-electron chi connectivity index (χ1n) is 6.99. The third-order valence-electron chi connectivity index (χ3n) is 3.40. The summed E-state index contributed by atoms with van der Waals surface area (Å²) in [6, 6.07) is 0.338. The van der Waals surface area contributed by atoms with Crippen LogP contribution in [0.2, 0.25) is 0 Å². The molecule has 1 heterocycles. The molecule has 0 radical (unpaired) electrons. The Morgan fingerprint density at radius 1 is 1.40 bits per heavy atom. The molecule has 1 atom stereocenters. The number of likely N-dealkylation sites (N-methyl/N-ethyl adjacent to an activating group) is 1. The van der Waals surface area contributed by atoms with Gasteiger partial charge in [-0.1, -0.05) is 13.8 Å². The van der Waals surface area contributed by atoms with Crippen molar-refractivity contribution in [2.24, 2.45) is 5.92 Å². The van der Waals surface area contributed by atoms with E-state index < -0.39 is 9.84 Å². The molecule has 1 N–H and O–H groups in total. The number of carbonyl (C=O) groups excluding carboxylic acids is 1. The molecular formula is C13H27ClN2O3S. The summed E-state index contributed by atoms with van der Waals surface area (Å²) in [7, 11) is -1.20. The van der Waals surface area contributed by atoms with E-state index in [9.17, 15) is 13.2 Å². The van der Waals surface area contributed by atoms with E-state index in [1.54, 1.807) is 4.90 Å². The fourth-order valence-corrected chi connectivity index (χ4v) is 4.10. The first-order chi connectivity index (χ1) is 8.84. The molecule has 0 aliphatic carbocycles. The lowest BCUT2D eigenvalue weighted by atomic mass is 10.1. The summed E-state index contributed by atoms with van der Waals surface area (Å²) < 4.78 is 23.5. The molecule has 5 nitrogen and oxygen atoms in total. The highest BCUT2D eigenvalue weighted by Crippen LogP contribution is 2.12. The maximum Gasteiger partial charge on any atom is 0.223 e. The normalized spacial score (nSPS) is 19.8. The highest BCUT2D eigenvalue weighted by atomic mass is 35.5. The molecule has 1 saturated heterocycles. The third-order valence-corrected chi connectivity index (χ3v) is 5.40. The van der Waals surface area contributed by atoms with Crippen molar-refractivity contribution < 1.29 is 13.2 Å². The van der Waals surface area contributed by atoms with E-state index in [-0.39, 0.29) is 42.2 Å². The summed E-state index contributed by atoms with van der Waals surface area (Å²) in [5.74, 6) is 0.223. The smallest absolute Gasteiger partial charge is 0.223 e. The second-order valence-corrected chi connectivity index (χ2v) is 7.95. The van der Waals surface area contributed by atoms with Crippen LogP contribution in [0.1, 0.15) is 33.1 Å². The number of halogens is 1. The maximum atomic E-state index is 12.0. The van der Waals surface area contributed by atoms with Gasteiger partial charge < -0.3 is 10.2 Å². The third kappa shape index (κ3) is 6.90. The monoisotopic (exact) mass is 326 g/mol. The van der Waals surface area contributed by atoms with Crippen molar-refractivity contribution in [3.8, 4) is 0 Å². The molecule has 0 spiro atoms. The summed E-state index contributed by atoms with van der Waals surface area (Å²) in [5.41, 5.74) is 0. The van der Waals surface area contributed by atoms with Crippen molar-refractivity contribution in [1.82, 2.24) is 10.2 Å². The van der Waals surface area contributed by atoms with Gasteiger partial charge in [0, 0.05) is 25.6 Å². The molecule has 1 rings (SSSR count). The number of hydrogen-bond donors (Lipinski definition) is 1. The zero-order chi connectivity index (χ0) is 14.5. The minimum atomic E-state index is -3.10. The molecule has 0 aromatic rings. The Morgan fingerprint density at radius 2 is 2.05 bits per heavy atom. The van der Waals surface area contributed by atoms with E-state index in [2.05, 4.69) is 5.32 Å². The Hall–Kier alpha value is -0.330. The number of piperidine rings is 1. The van der Waals surface area contributed by atoms with Crippen LogP contribution in [-0.4, -0.2) is 56.9 Å². The number of rotatable bonds is 6. The summed E-state index contributed by atoms with van der Waals surface area (Å²) in [6.07, 6.45) is 2.17. The fraction of sp³-hybridized carbons (Fsp3) is 0.923. The van der Waals surface area contributed by atoms with Crippen LogP contribution in [0.3, 0.4) is 0 Å². The first kappa shape index (κ1) is 19.7. The van der Waals surface area contributed by atoms with E-state index in [0.717, 1.165) is 19.4 Å².